The SMILES string of the molecule is C[C@@H](OCc1ccc(CCCCCCc2ccc3c(c2)n(C)c(=O)n3C2CCC(=O)NC2=O)cc1)[C@H](CCC(N)=O)NC(=O)[C@@H]1Cc2cccc3c2N1C(=O)[C@@H](NC(=O)c1cc2cc(C(=O)P(=O)(O)O)ccc2[nH]1)CC3. The zero-order chi connectivity index (χ0) is 54.0. The molecule has 4 aromatic carbocycles. The van der Waals surface area contributed by atoms with Crippen LogP contribution >= 0.6 is 7.60 Å². The molecule has 3 aliphatic heterocycles. The molecule has 5 atom stereocenters. The third kappa shape index (κ3) is 11.5. The minimum absolute atomic E-state index is 0.0188. The van der Waals surface area contributed by atoms with Gasteiger partial charge in [-0.3, -0.25) is 57.5 Å². The zero-order valence-electron chi connectivity index (χ0n) is 42.2. The standard InChI is InChI=1S/C55H61N8O12P/c1-31(75-30-34-14-12-32(13-15-34)8-5-3-4-6-9-33-16-22-43-45(26-33)61(2)55(71)62(43)44-23-25-48(65)60-51(44)67)39(21-24-47(56)64)58-52(68)46-29-36-11-7-10-35-17-20-41(53(69)63(46)49(35)36)59-50(66)42-28-38-27-37(18-19-40(38)57-42)54(70)76(72,73)74/h7,10-16,18-19,22,26-28,31,39,41,44,46,57H,3-6,8-9,17,20-21,23-25,29-30H2,1-2H3,(H2,56,64)(H,58,68)(H,59,66)(H,60,65,67)(H2,72,73,74)/t31-,39+,41+,44?,46+/m1/s1. The van der Waals surface area contributed by atoms with E-state index in [1.54, 1.807) is 11.6 Å². The lowest BCUT2D eigenvalue weighted by Gasteiger charge is -2.31. The molecular weight excluding hydrogens is 996 g/mol. The van der Waals surface area contributed by atoms with Crippen molar-refractivity contribution in [3.05, 3.63) is 134 Å². The van der Waals surface area contributed by atoms with E-state index >= 15 is 0 Å². The minimum atomic E-state index is -5.04. The van der Waals surface area contributed by atoms with Crippen molar-refractivity contribution < 1.29 is 52.7 Å². The van der Waals surface area contributed by atoms with Crippen LogP contribution < -0.4 is 32.3 Å². The Morgan fingerprint density at radius 1 is 0.842 bits per heavy atom. The molecule has 0 radical (unpaired) electrons. The molecule has 21 heteroatoms. The van der Waals surface area contributed by atoms with Crippen LogP contribution in [0.5, 0.6) is 0 Å². The van der Waals surface area contributed by atoms with Crippen molar-refractivity contribution in [3.8, 4) is 0 Å². The summed E-state index contributed by atoms with van der Waals surface area (Å²) in [4.78, 5) is 127. The van der Waals surface area contributed by atoms with Crippen molar-refractivity contribution in [1.82, 2.24) is 30.1 Å². The third-order valence-electron chi connectivity index (χ3n) is 14.9. The smallest absolute Gasteiger partial charge is 0.372 e. The molecular formula is C55H61N8O12P. The van der Waals surface area contributed by atoms with Crippen LogP contribution in [0.15, 0.2) is 89.7 Å². The topological polar surface area (TPSA) is 294 Å². The number of carbonyl (C=O) groups excluding carboxylic acids is 7. The van der Waals surface area contributed by atoms with Crippen LogP contribution in [-0.2, 0) is 72.6 Å². The fourth-order valence-corrected chi connectivity index (χ4v) is 11.2. The summed E-state index contributed by atoms with van der Waals surface area (Å²) in [5.74, 6) is -2.89. The number of anilines is 1. The van der Waals surface area contributed by atoms with E-state index in [4.69, 9.17) is 10.5 Å². The molecule has 0 spiro atoms. The fourth-order valence-electron chi connectivity index (χ4n) is 10.7. The number of aromatic amines is 1. The summed E-state index contributed by atoms with van der Waals surface area (Å²) in [5.41, 5.74) is 11.1. The highest BCUT2D eigenvalue weighted by atomic mass is 31.2. The van der Waals surface area contributed by atoms with Gasteiger partial charge in [-0.2, -0.15) is 0 Å². The summed E-state index contributed by atoms with van der Waals surface area (Å²) >= 11 is 0. The maximum absolute atomic E-state index is 14.5. The highest BCUT2D eigenvalue weighted by molar-refractivity contribution is 7.70. The summed E-state index contributed by atoms with van der Waals surface area (Å²) in [7, 11) is -3.34. The second kappa shape index (κ2) is 22.4. The first-order valence-corrected chi connectivity index (χ1v) is 27.3. The minimum Gasteiger partial charge on any atom is -0.372 e. The molecule has 0 aliphatic carbocycles. The number of primary amides is 1. The number of imide groups is 1. The third-order valence-corrected chi connectivity index (χ3v) is 15.7. The monoisotopic (exact) mass is 1060 g/mol. The number of imidazole rings is 1. The lowest BCUT2D eigenvalue weighted by molar-refractivity contribution is -0.135. The Labute approximate surface area is 436 Å². The Morgan fingerprint density at radius 3 is 2.28 bits per heavy atom. The van der Waals surface area contributed by atoms with E-state index < -0.39 is 72.9 Å². The second-order valence-electron chi connectivity index (χ2n) is 20.1. The predicted octanol–water partition coefficient (Wildman–Crippen LogP) is 4.82. The summed E-state index contributed by atoms with van der Waals surface area (Å²) in [6, 6.07) is 21.7. The molecule has 9 rings (SSSR count). The second-order valence-corrected chi connectivity index (χ2v) is 21.6. The van der Waals surface area contributed by atoms with Crippen molar-refractivity contribution in [1.29, 1.82) is 0 Å². The predicted molar refractivity (Wildman–Crippen MR) is 281 cm³/mol. The van der Waals surface area contributed by atoms with Gasteiger partial charge >= 0.3 is 13.3 Å². The largest absolute Gasteiger partial charge is 0.396 e. The number of nitrogens with zero attached hydrogens (tertiary/aromatic N) is 3. The van der Waals surface area contributed by atoms with Crippen molar-refractivity contribution >= 4 is 76.2 Å². The number of unbranched alkanes of at least 4 members (excludes halogenated alkanes) is 3. The number of fused-ring (bicyclic) bond motifs is 2. The van der Waals surface area contributed by atoms with Gasteiger partial charge in [-0.25, -0.2) is 4.79 Å². The van der Waals surface area contributed by atoms with E-state index in [9.17, 15) is 52.7 Å². The number of piperidine rings is 1. The van der Waals surface area contributed by atoms with Crippen LogP contribution in [0.4, 0.5) is 5.69 Å². The van der Waals surface area contributed by atoms with Crippen LogP contribution in [0.1, 0.15) is 119 Å². The van der Waals surface area contributed by atoms with Gasteiger partial charge in [-0.15, -0.1) is 0 Å². The molecule has 8 N–H and O–H groups in total. The van der Waals surface area contributed by atoms with Crippen LogP contribution in [-0.4, -0.2) is 89.1 Å². The van der Waals surface area contributed by atoms with Gasteiger partial charge in [0.1, 0.15) is 23.8 Å². The van der Waals surface area contributed by atoms with Crippen LogP contribution in [0.2, 0.25) is 0 Å². The number of aromatic nitrogens is 3. The zero-order valence-corrected chi connectivity index (χ0v) is 43.1. The number of aryl methyl sites for hydroxylation is 4. The van der Waals surface area contributed by atoms with Gasteiger partial charge in [-0.1, -0.05) is 61.4 Å². The maximum Gasteiger partial charge on any atom is 0.396 e. The van der Waals surface area contributed by atoms with Crippen molar-refractivity contribution in [2.24, 2.45) is 12.8 Å². The van der Waals surface area contributed by atoms with Crippen LogP contribution in [0, 0.1) is 0 Å². The highest BCUT2D eigenvalue weighted by Crippen LogP contribution is 2.41. The van der Waals surface area contributed by atoms with Gasteiger partial charge in [-0.05, 0) is 123 Å². The molecule has 0 saturated carbocycles. The molecule has 6 aromatic rings. The normalized spacial score (nSPS) is 18.3. The van der Waals surface area contributed by atoms with E-state index in [1.165, 1.54) is 39.3 Å². The number of nitrogens with one attached hydrogen (secondary N) is 4. The first kappa shape index (κ1) is 53.3. The summed E-state index contributed by atoms with van der Waals surface area (Å²) in [6.07, 6.45) is 6.78. The van der Waals surface area contributed by atoms with Gasteiger partial charge in [0.25, 0.3) is 11.4 Å². The Bertz CT molecular complexity index is 3390. The molecule has 398 valence electrons. The van der Waals surface area contributed by atoms with Crippen LogP contribution in [0.3, 0.4) is 0 Å². The first-order valence-electron chi connectivity index (χ1n) is 25.6. The van der Waals surface area contributed by atoms with E-state index in [0.29, 0.717) is 28.5 Å². The van der Waals surface area contributed by atoms with Crippen LogP contribution in [0.25, 0.3) is 21.9 Å². The molecule has 1 saturated heterocycles. The van der Waals surface area contributed by atoms with Crippen molar-refractivity contribution in [3.63, 3.8) is 0 Å². The lowest BCUT2D eigenvalue weighted by Crippen LogP contribution is -2.56. The lowest BCUT2D eigenvalue weighted by atomic mass is 10.0. The quantitative estimate of drug-likeness (QED) is 0.0290. The summed E-state index contributed by atoms with van der Waals surface area (Å²) < 4.78 is 20.9. The van der Waals surface area contributed by atoms with E-state index in [0.717, 1.165) is 66.3 Å². The molecule has 20 nitrogen and oxygen atoms in total. The molecule has 1 fully saturated rings. The van der Waals surface area contributed by atoms with E-state index in [2.05, 4.69) is 33.1 Å². The number of hydrogen-bond donors (Lipinski definition) is 7. The average Bonchev–Trinajstić information content (AvgIpc) is 4.08. The average molecular weight is 1060 g/mol. The molecule has 1 unspecified atom stereocenters. The molecule has 5 heterocycles. The molecule has 76 heavy (non-hydrogen) atoms. The van der Waals surface area contributed by atoms with Gasteiger partial charge < -0.3 is 35.9 Å². The Morgan fingerprint density at radius 2 is 1.55 bits per heavy atom. The fraction of sp³-hybridized carbons (Fsp3) is 0.382. The Kier molecular flexibility index (Phi) is 15.7. The molecule has 3 aliphatic rings. The highest BCUT2D eigenvalue weighted by Gasteiger charge is 2.45. The number of nitrogens with two attached hydrogens (primary N) is 1. The van der Waals surface area contributed by atoms with Gasteiger partial charge in [0.15, 0.2) is 0 Å². The van der Waals surface area contributed by atoms with Gasteiger partial charge in [0.05, 0.1) is 35.5 Å². The Balaban J connectivity index is 0.768. The number of para-hydroxylation sites is 1. The number of hydrogen-bond acceptors (Lipinski definition) is 10. The Hall–Kier alpha value is -7.51. The van der Waals surface area contributed by atoms with E-state index in [-0.39, 0.29) is 68.0 Å². The van der Waals surface area contributed by atoms with Gasteiger partial charge in [0.2, 0.25) is 29.5 Å². The molecule has 0 bridgehead atoms. The number of H-pyrrole nitrogens is 1. The number of rotatable bonds is 21. The number of amides is 6. The number of carbonyl (C=O) groups is 7. The number of benzene rings is 4. The van der Waals surface area contributed by atoms with Crippen molar-refractivity contribution in [2.75, 3.05) is 4.90 Å². The van der Waals surface area contributed by atoms with E-state index in [1.807, 2.05) is 55.5 Å². The van der Waals surface area contributed by atoms with Crippen molar-refractivity contribution in [2.45, 2.75) is 127 Å². The molecule has 6 amide bonds. The number of ether oxygens (including phenoxy) is 1. The van der Waals surface area contributed by atoms with Gasteiger partial charge in [0, 0.05) is 42.8 Å². The summed E-state index contributed by atoms with van der Waals surface area (Å²) in [6.45, 7) is 2.05. The first-order chi connectivity index (χ1) is 36.3. The maximum atomic E-state index is 14.5. The molecule has 2 aromatic heterocycles. The summed E-state index contributed by atoms with van der Waals surface area (Å²) in [5, 5.41) is 8.59.